The molecule has 0 bridgehead atoms. The smallest absolute Gasteiger partial charge is 0.243 e. The van der Waals surface area contributed by atoms with E-state index in [9.17, 15) is 18.0 Å². The van der Waals surface area contributed by atoms with Gasteiger partial charge in [-0.3, -0.25) is 14.6 Å². The van der Waals surface area contributed by atoms with E-state index in [1.54, 1.807) is 29.0 Å². The summed E-state index contributed by atoms with van der Waals surface area (Å²) >= 11 is 1.52. The van der Waals surface area contributed by atoms with Gasteiger partial charge < -0.3 is 4.90 Å². The van der Waals surface area contributed by atoms with Gasteiger partial charge in [0.2, 0.25) is 11.8 Å². The van der Waals surface area contributed by atoms with Crippen LogP contribution in [0, 0.1) is 12.8 Å². The zero-order valence-corrected chi connectivity index (χ0v) is 19.5. The van der Waals surface area contributed by atoms with Gasteiger partial charge in [-0.05, 0) is 36.9 Å². The average molecular weight is 462 g/mol. The van der Waals surface area contributed by atoms with Gasteiger partial charge in [-0.2, -0.15) is 0 Å². The number of rotatable bonds is 5. The number of amides is 2. The van der Waals surface area contributed by atoms with Crippen molar-refractivity contribution in [3.05, 3.63) is 52.2 Å². The van der Waals surface area contributed by atoms with Crippen molar-refractivity contribution in [1.82, 2.24) is 10.0 Å². The van der Waals surface area contributed by atoms with E-state index < -0.39 is 27.8 Å². The molecule has 2 fully saturated rings. The number of thiophene rings is 1. The Morgan fingerprint density at radius 3 is 2.42 bits per heavy atom. The van der Waals surface area contributed by atoms with Gasteiger partial charge in [0.05, 0.1) is 29.5 Å². The molecule has 1 aromatic carbocycles. The molecule has 2 aliphatic rings. The number of nitrogens with zero attached hydrogens (tertiary/aromatic N) is 3. The van der Waals surface area contributed by atoms with E-state index in [1.165, 1.54) is 11.3 Å². The number of sulfone groups is 1. The zero-order chi connectivity index (χ0) is 22.3. The lowest BCUT2D eigenvalue weighted by Gasteiger charge is -2.37. The van der Waals surface area contributed by atoms with Crippen LogP contribution in [0.15, 0.2) is 41.8 Å². The summed E-state index contributed by atoms with van der Waals surface area (Å²) in [5.41, 5.74) is 1.86. The summed E-state index contributed by atoms with van der Waals surface area (Å²) in [7, 11) is 0.343. The van der Waals surface area contributed by atoms with Crippen LogP contribution in [0.1, 0.15) is 29.3 Å². The molecule has 2 aromatic rings. The van der Waals surface area contributed by atoms with Gasteiger partial charge in [0, 0.05) is 31.1 Å². The molecule has 166 valence electrons. The SMILES string of the molecule is Cc1ccc(N2C(=O)C[C@H](C(=O)N([C@@H]3CCS(=O)(=O)C3)N(C)C)[C@@H]2c2cccs2)cc1. The molecule has 0 N–H and O–H groups in total. The fraction of sp³-hybridized carbons (Fsp3) is 0.455. The Morgan fingerprint density at radius 2 is 1.87 bits per heavy atom. The highest BCUT2D eigenvalue weighted by molar-refractivity contribution is 7.91. The average Bonchev–Trinajstić information content (AvgIpc) is 3.41. The molecule has 0 unspecified atom stereocenters. The monoisotopic (exact) mass is 461 g/mol. The van der Waals surface area contributed by atoms with Crippen molar-refractivity contribution in [2.45, 2.75) is 31.8 Å². The molecule has 4 rings (SSSR count). The normalized spacial score (nSPS) is 25.4. The Hall–Kier alpha value is -2.23. The third kappa shape index (κ3) is 4.26. The fourth-order valence-electron chi connectivity index (χ4n) is 4.59. The predicted molar refractivity (Wildman–Crippen MR) is 121 cm³/mol. The Labute approximate surface area is 187 Å². The maximum absolute atomic E-state index is 13.8. The zero-order valence-electron chi connectivity index (χ0n) is 17.9. The number of carbonyl (C=O) groups is 2. The highest BCUT2D eigenvalue weighted by Crippen LogP contribution is 2.44. The summed E-state index contributed by atoms with van der Waals surface area (Å²) in [6.45, 7) is 1.99. The molecule has 31 heavy (non-hydrogen) atoms. The largest absolute Gasteiger partial charge is 0.303 e. The van der Waals surface area contributed by atoms with E-state index >= 15 is 0 Å². The molecule has 3 heterocycles. The second-order valence-corrected chi connectivity index (χ2v) is 11.7. The second-order valence-electron chi connectivity index (χ2n) is 8.46. The first-order valence-corrected chi connectivity index (χ1v) is 13.0. The third-order valence-corrected chi connectivity index (χ3v) is 8.69. The van der Waals surface area contributed by atoms with E-state index in [2.05, 4.69) is 0 Å². The fourth-order valence-corrected chi connectivity index (χ4v) is 7.16. The highest BCUT2D eigenvalue weighted by atomic mass is 32.2. The molecular formula is C22H27N3O4S2. The molecule has 2 aliphatic heterocycles. The first-order chi connectivity index (χ1) is 14.7. The molecule has 1 aromatic heterocycles. The van der Waals surface area contributed by atoms with E-state index in [0.29, 0.717) is 6.42 Å². The predicted octanol–water partition coefficient (Wildman–Crippen LogP) is 2.64. The van der Waals surface area contributed by atoms with Crippen molar-refractivity contribution in [3.8, 4) is 0 Å². The summed E-state index contributed by atoms with van der Waals surface area (Å²) in [6, 6.07) is 10.8. The number of carbonyl (C=O) groups excluding carboxylic acids is 2. The second kappa shape index (κ2) is 8.37. The van der Waals surface area contributed by atoms with Gasteiger partial charge in [-0.1, -0.05) is 23.8 Å². The number of aryl methyl sites for hydroxylation is 1. The lowest BCUT2D eigenvalue weighted by atomic mass is 9.96. The molecular weight excluding hydrogens is 434 g/mol. The molecule has 0 radical (unpaired) electrons. The van der Waals surface area contributed by atoms with Crippen LogP contribution in [0.25, 0.3) is 0 Å². The summed E-state index contributed by atoms with van der Waals surface area (Å²) in [5, 5.41) is 5.17. The minimum absolute atomic E-state index is 0.0388. The van der Waals surface area contributed by atoms with Crippen LogP contribution < -0.4 is 4.90 Å². The van der Waals surface area contributed by atoms with Gasteiger partial charge in [-0.15, -0.1) is 11.3 Å². The van der Waals surface area contributed by atoms with Crippen LogP contribution in [0.2, 0.25) is 0 Å². The van der Waals surface area contributed by atoms with E-state index in [0.717, 1.165) is 16.1 Å². The van der Waals surface area contributed by atoms with Gasteiger partial charge in [0.25, 0.3) is 0 Å². The van der Waals surface area contributed by atoms with Crippen LogP contribution in [0.5, 0.6) is 0 Å². The quantitative estimate of drug-likeness (QED) is 0.640. The van der Waals surface area contributed by atoms with E-state index in [-0.39, 0.29) is 29.7 Å². The van der Waals surface area contributed by atoms with Crippen molar-refractivity contribution in [1.29, 1.82) is 0 Å². The Kier molecular flexibility index (Phi) is 5.93. The van der Waals surface area contributed by atoms with Gasteiger partial charge >= 0.3 is 0 Å². The topological polar surface area (TPSA) is 78.0 Å². The van der Waals surface area contributed by atoms with Crippen molar-refractivity contribution in [2.75, 3.05) is 30.5 Å². The first-order valence-electron chi connectivity index (χ1n) is 10.3. The van der Waals surface area contributed by atoms with Crippen molar-refractivity contribution in [3.63, 3.8) is 0 Å². The number of benzene rings is 1. The Morgan fingerprint density at radius 1 is 1.16 bits per heavy atom. The maximum Gasteiger partial charge on any atom is 0.243 e. The summed E-state index contributed by atoms with van der Waals surface area (Å²) < 4.78 is 24.1. The summed E-state index contributed by atoms with van der Waals surface area (Å²) in [5.74, 6) is -0.837. The van der Waals surface area contributed by atoms with Crippen LogP contribution in [0.3, 0.4) is 0 Å². The minimum Gasteiger partial charge on any atom is -0.303 e. The summed E-state index contributed by atoms with van der Waals surface area (Å²) in [6.07, 6.45) is 0.511. The molecule has 2 saturated heterocycles. The molecule has 0 saturated carbocycles. The van der Waals surface area contributed by atoms with Gasteiger partial charge in [0.1, 0.15) is 0 Å². The summed E-state index contributed by atoms with van der Waals surface area (Å²) in [4.78, 5) is 29.6. The molecule has 7 nitrogen and oxygen atoms in total. The molecule has 2 amide bonds. The molecule has 3 atom stereocenters. The first kappa shape index (κ1) is 22.0. The van der Waals surface area contributed by atoms with Crippen LogP contribution in [-0.4, -0.2) is 61.9 Å². The van der Waals surface area contributed by atoms with Crippen molar-refractivity contribution < 1.29 is 18.0 Å². The number of hydrogen-bond donors (Lipinski definition) is 0. The van der Waals surface area contributed by atoms with Gasteiger partial charge in [0.15, 0.2) is 9.84 Å². The molecule has 0 spiro atoms. The standard InChI is InChI=1S/C22H27N3O4S2/c1-15-6-8-16(9-7-15)24-20(26)13-18(21(24)19-5-4-11-30-19)22(27)25(23(2)3)17-10-12-31(28,29)14-17/h4-9,11,17-18,21H,10,12-14H2,1-3H3/t17-,18+,21-/m1/s1. The Balaban J connectivity index is 1.71. The van der Waals surface area contributed by atoms with Crippen LogP contribution >= 0.6 is 11.3 Å². The van der Waals surface area contributed by atoms with E-state index in [1.807, 2.05) is 48.7 Å². The number of anilines is 1. The van der Waals surface area contributed by atoms with Crippen LogP contribution in [-0.2, 0) is 19.4 Å². The van der Waals surface area contributed by atoms with Crippen molar-refractivity contribution in [2.24, 2.45) is 5.92 Å². The van der Waals surface area contributed by atoms with Gasteiger partial charge in [-0.25, -0.2) is 13.4 Å². The third-order valence-electron chi connectivity index (χ3n) is 6.00. The number of hydrazine groups is 1. The van der Waals surface area contributed by atoms with Crippen LogP contribution in [0.4, 0.5) is 5.69 Å². The van der Waals surface area contributed by atoms with E-state index in [4.69, 9.17) is 0 Å². The molecule has 9 heteroatoms. The minimum atomic E-state index is -3.15. The number of hydrogen-bond acceptors (Lipinski definition) is 6. The Bertz CT molecular complexity index is 1060. The maximum atomic E-state index is 13.8. The highest BCUT2D eigenvalue weighted by Gasteiger charge is 2.49. The lowest BCUT2D eigenvalue weighted by molar-refractivity contribution is -0.154. The lowest BCUT2D eigenvalue weighted by Crippen LogP contribution is -2.52. The molecule has 0 aliphatic carbocycles. The van der Waals surface area contributed by atoms with Crippen molar-refractivity contribution >= 4 is 38.7 Å².